The normalized spacial score (nSPS) is 11.8. The van der Waals surface area contributed by atoms with E-state index in [1.807, 2.05) is 92.7 Å². The molecule has 0 fully saturated rings. The Morgan fingerprint density at radius 1 is 0.821 bits per heavy atom. The maximum Gasteiger partial charge on any atom is 0.408 e. The maximum absolute atomic E-state index is 14.0. The third kappa shape index (κ3) is 9.93. The lowest BCUT2D eigenvalue weighted by Crippen LogP contribution is -2.51. The fourth-order valence-corrected chi connectivity index (χ4v) is 3.99. The second kappa shape index (κ2) is 13.6. The Morgan fingerprint density at radius 2 is 1.44 bits per heavy atom. The highest BCUT2D eigenvalue weighted by atomic mass is 16.6. The molecule has 0 bridgehead atoms. The van der Waals surface area contributed by atoms with Gasteiger partial charge >= 0.3 is 12.1 Å². The second-order valence-electron chi connectivity index (χ2n) is 10.6. The predicted molar refractivity (Wildman–Crippen MR) is 151 cm³/mol. The Labute approximate surface area is 231 Å². The van der Waals surface area contributed by atoms with Crippen LogP contribution in [0.15, 0.2) is 78.9 Å². The summed E-state index contributed by atoms with van der Waals surface area (Å²) in [5.41, 5.74) is 4.08. The predicted octanol–water partition coefficient (Wildman–Crippen LogP) is 5.51. The van der Waals surface area contributed by atoms with Crippen molar-refractivity contribution in [1.82, 2.24) is 10.2 Å². The Hall–Kier alpha value is -4.13. The molecule has 2 amide bonds. The van der Waals surface area contributed by atoms with Crippen molar-refractivity contribution in [2.45, 2.75) is 65.8 Å². The van der Waals surface area contributed by atoms with E-state index in [0.29, 0.717) is 0 Å². The first kappa shape index (κ1) is 29.4. The van der Waals surface area contributed by atoms with Crippen LogP contribution in [-0.4, -0.2) is 41.1 Å². The van der Waals surface area contributed by atoms with E-state index in [1.165, 1.54) is 4.90 Å². The average molecular weight is 531 g/mol. The Kier molecular flexibility index (Phi) is 10.3. The number of ether oxygens (including phenoxy) is 2. The summed E-state index contributed by atoms with van der Waals surface area (Å²) in [6.07, 6.45) is -0.459. The van der Waals surface area contributed by atoms with Crippen molar-refractivity contribution in [2.75, 3.05) is 6.54 Å². The average Bonchev–Trinajstić information content (AvgIpc) is 2.88. The summed E-state index contributed by atoms with van der Waals surface area (Å²) in [6.45, 7) is 9.32. The van der Waals surface area contributed by atoms with E-state index in [9.17, 15) is 14.4 Å². The van der Waals surface area contributed by atoms with Crippen LogP contribution in [0.3, 0.4) is 0 Å². The summed E-state index contributed by atoms with van der Waals surface area (Å²) in [7, 11) is 0. The molecule has 39 heavy (non-hydrogen) atoms. The van der Waals surface area contributed by atoms with Crippen molar-refractivity contribution in [3.63, 3.8) is 0 Å². The zero-order valence-corrected chi connectivity index (χ0v) is 23.4. The first-order valence-corrected chi connectivity index (χ1v) is 13.1. The molecule has 3 aromatic rings. The first-order valence-electron chi connectivity index (χ1n) is 13.1. The summed E-state index contributed by atoms with van der Waals surface area (Å²) in [5.74, 6) is -0.940. The number of carbonyl (C=O) groups is 3. The highest BCUT2D eigenvalue weighted by Gasteiger charge is 2.30. The lowest BCUT2D eigenvalue weighted by molar-refractivity contribution is -0.151. The van der Waals surface area contributed by atoms with Crippen LogP contribution in [0.2, 0.25) is 0 Å². The van der Waals surface area contributed by atoms with Gasteiger partial charge in [0.15, 0.2) is 0 Å². The molecule has 1 N–H and O–H groups in total. The van der Waals surface area contributed by atoms with Gasteiger partial charge in [0.05, 0.1) is 0 Å². The van der Waals surface area contributed by atoms with E-state index in [4.69, 9.17) is 9.47 Å². The standard InChI is InChI=1S/C32H38N2O5/c1-23-16-17-27(18-24(23)2)19-28(33-31(37)39-32(3,4)5)30(36)34(20-25-12-8-6-9-13-25)21-29(35)38-22-26-14-10-7-11-15-26/h6-18,28H,19-22H2,1-5H3,(H,33,37)/t28-/m1/s1. The quantitative estimate of drug-likeness (QED) is 0.349. The van der Waals surface area contributed by atoms with Crippen LogP contribution in [0, 0.1) is 13.8 Å². The van der Waals surface area contributed by atoms with Crippen molar-refractivity contribution in [3.05, 3.63) is 107 Å². The lowest BCUT2D eigenvalue weighted by atomic mass is 10.00. The molecule has 0 spiro atoms. The number of benzene rings is 3. The van der Waals surface area contributed by atoms with Crippen molar-refractivity contribution in [1.29, 1.82) is 0 Å². The van der Waals surface area contributed by atoms with Crippen LogP contribution in [0.1, 0.15) is 48.6 Å². The lowest BCUT2D eigenvalue weighted by Gasteiger charge is -2.29. The molecule has 7 heteroatoms. The highest BCUT2D eigenvalue weighted by Crippen LogP contribution is 2.16. The van der Waals surface area contributed by atoms with Crippen LogP contribution >= 0.6 is 0 Å². The van der Waals surface area contributed by atoms with Gasteiger partial charge in [0.2, 0.25) is 5.91 Å². The molecule has 3 aromatic carbocycles. The van der Waals surface area contributed by atoms with Crippen molar-refractivity contribution in [2.24, 2.45) is 0 Å². The van der Waals surface area contributed by atoms with Gasteiger partial charge in [-0.05, 0) is 62.4 Å². The number of esters is 1. The topological polar surface area (TPSA) is 84.9 Å². The van der Waals surface area contributed by atoms with E-state index in [1.54, 1.807) is 20.8 Å². The van der Waals surface area contributed by atoms with Gasteiger partial charge in [-0.15, -0.1) is 0 Å². The van der Waals surface area contributed by atoms with Gasteiger partial charge in [-0.2, -0.15) is 0 Å². The first-order chi connectivity index (χ1) is 18.5. The molecule has 0 aliphatic rings. The van der Waals surface area contributed by atoms with Gasteiger partial charge in [-0.25, -0.2) is 4.79 Å². The number of rotatable bonds is 10. The Balaban J connectivity index is 1.84. The van der Waals surface area contributed by atoms with Crippen LogP contribution in [-0.2, 0) is 38.6 Å². The molecule has 0 aliphatic carbocycles. The molecule has 0 aromatic heterocycles. The minimum absolute atomic E-state index is 0.106. The van der Waals surface area contributed by atoms with Crippen molar-refractivity contribution in [3.8, 4) is 0 Å². The molecule has 0 unspecified atom stereocenters. The van der Waals surface area contributed by atoms with Gasteiger partial charge < -0.3 is 19.7 Å². The van der Waals surface area contributed by atoms with Gasteiger partial charge in [0, 0.05) is 13.0 Å². The number of nitrogens with one attached hydrogen (secondary N) is 1. The number of hydrogen-bond acceptors (Lipinski definition) is 5. The van der Waals surface area contributed by atoms with E-state index in [0.717, 1.165) is 27.8 Å². The number of nitrogens with zero attached hydrogens (tertiary/aromatic N) is 1. The van der Waals surface area contributed by atoms with Crippen LogP contribution in [0.25, 0.3) is 0 Å². The zero-order valence-electron chi connectivity index (χ0n) is 23.4. The van der Waals surface area contributed by atoms with Crippen molar-refractivity contribution < 1.29 is 23.9 Å². The maximum atomic E-state index is 14.0. The van der Waals surface area contributed by atoms with Crippen LogP contribution < -0.4 is 5.32 Å². The number of hydrogen-bond donors (Lipinski definition) is 1. The van der Waals surface area contributed by atoms with Gasteiger partial charge in [-0.1, -0.05) is 78.9 Å². The molecule has 0 heterocycles. The Morgan fingerprint density at radius 3 is 2.03 bits per heavy atom. The monoisotopic (exact) mass is 530 g/mol. The minimum Gasteiger partial charge on any atom is -0.459 e. The van der Waals surface area contributed by atoms with Crippen LogP contribution in [0.4, 0.5) is 4.79 Å². The summed E-state index contributed by atoms with van der Waals surface area (Å²) in [5, 5.41) is 2.75. The summed E-state index contributed by atoms with van der Waals surface area (Å²) >= 11 is 0. The molecule has 3 rings (SSSR count). The van der Waals surface area contributed by atoms with Crippen LogP contribution in [0.5, 0.6) is 0 Å². The van der Waals surface area contributed by atoms with Gasteiger partial charge in [-0.3, -0.25) is 9.59 Å². The molecule has 0 saturated carbocycles. The molecule has 0 radical (unpaired) electrons. The van der Waals surface area contributed by atoms with E-state index in [2.05, 4.69) is 5.32 Å². The number of carbonyl (C=O) groups excluding carboxylic acids is 3. The molecular formula is C32H38N2O5. The number of amides is 2. The minimum atomic E-state index is -0.951. The SMILES string of the molecule is Cc1ccc(C[C@@H](NC(=O)OC(C)(C)C)C(=O)N(CC(=O)OCc2ccccc2)Cc2ccccc2)cc1C. The molecule has 0 aliphatic heterocycles. The van der Waals surface area contributed by atoms with E-state index in [-0.39, 0.29) is 26.1 Å². The van der Waals surface area contributed by atoms with Gasteiger partial charge in [0.25, 0.3) is 0 Å². The third-order valence-corrected chi connectivity index (χ3v) is 6.09. The van der Waals surface area contributed by atoms with Crippen molar-refractivity contribution >= 4 is 18.0 Å². The molecule has 0 saturated heterocycles. The summed E-state index contributed by atoms with van der Waals surface area (Å²) < 4.78 is 10.9. The van der Waals surface area contributed by atoms with E-state index < -0.39 is 29.6 Å². The van der Waals surface area contributed by atoms with Gasteiger partial charge in [0.1, 0.15) is 24.8 Å². The Bertz CT molecular complexity index is 1250. The fourth-order valence-electron chi connectivity index (χ4n) is 3.99. The fraction of sp³-hybridized carbons (Fsp3) is 0.344. The molecule has 1 atom stereocenters. The second-order valence-corrected chi connectivity index (χ2v) is 10.6. The third-order valence-electron chi connectivity index (χ3n) is 6.09. The molecule has 206 valence electrons. The largest absolute Gasteiger partial charge is 0.459 e. The van der Waals surface area contributed by atoms with E-state index >= 15 is 0 Å². The highest BCUT2D eigenvalue weighted by molar-refractivity contribution is 5.88. The summed E-state index contributed by atoms with van der Waals surface area (Å²) in [6, 6.07) is 23.7. The molecule has 7 nitrogen and oxygen atoms in total. The zero-order chi connectivity index (χ0) is 28.4. The number of alkyl carbamates (subject to hydrolysis) is 1. The summed E-state index contributed by atoms with van der Waals surface area (Å²) in [4.78, 5) is 41.0. The number of aryl methyl sites for hydroxylation is 2. The smallest absolute Gasteiger partial charge is 0.408 e. The molecular weight excluding hydrogens is 492 g/mol.